The Hall–Kier alpha value is -3.72. The van der Waals surface area contributed by atoms with E-state index in [9.17, 15) is 0 Å². The maximum Gasteiger partial charge on any atom is 0.0319 e. The third-order valence-corrected chi connectivity index (χ3v) is 5.29. The van der Waals surface area contributed by atoms with Crippen LogP contribution in [0.4, 0.5) is 0 Å². The predicted octanol–water partition coefficient (Wildman–Crippen LogP) is 7.63. The van der Waals surface area contributed by atoms with E-state index in [0.717, 1.165) is 7.11 Å². The van der Waals surface area contributed by atoms with Gasteiger partial charge in [-0.1, -0.05) is 115 Å². The molecule has 5 aromatic rings. The van der Waals surface area contributed by atoms with Crippen molar-refractivity contribution in [1.82, 2.24) is 4.90 Å². The Morgan fingerprint density at radius 2 is 0.882 bits per heavy atom. The van der Waals surface area contributed by atoms with Crippen LogP contribution in [0.1, 0.15) is 0 Å². The van der Waals surface area contributed by atoms with Crippen LogP contribution < -0.4 is 0 Å². The molecule has 2 nitrogen and oxygen atoms in total. The summed E-state index contributed by atoms with van der Waals surface area (Å²) < 4.78 is 0. The average Bonchev–Trinajstić information content (AvgIpc) is 2.90. The van der Waals surface area contributed by atoms with Crippen molar-refractivity contribution in [2.75, 3.05) is 28.3 Å². The lowest BCUT2D eigenvalue weighted by Gasteiger charge is -2.10. The lowest BCUT2D eigenvalue weighted by molar-refractivity contribution is 0.399. The van der Waals surface area contributed by atoms with Crippen molar-refractivity contribution in [3.05, 3.63) is 121 Å². The number of hydrogen-bond acceptors (Lipinski definition) is 2. The molecule has 0 aliphatic carbocycles. The van der Waals surface area contributed by atoms with Crippen molar-refractivity contribution in [3.63, 3.8) is 0 Å². The molecule has 2 heteroatoms. The van der Waals surface area contributed by atoms with Crippen molar-refractivity contribution >= 4 is 10.8 Å². The molecule has 1 N–H and O–H groups in total. The monoisotopic (exact) mass is 447 g/mol. The van der Waals surface area contributed by atoms with Gasteiger partial charge in [-0.2, -0.15) is 0 Å². The molecule has 0 saturated carbocycles. The minimum atomic E-state index is 1.00. The second-order valence-electron chi connectivity index (χ2n) is 8.39. The van der Waals surface area contributed by atoms with Crippen molar-refractivity contribution in [2.45, 2.75) is 0 Å². The van der Waals surface area contributed by atoms with Gasteiger partial charge >= 0.3 is 0 Å². The van der Waals surface area contributed by atoms with E-state index < -0.39 is 0 Å². The Morgan fingerprint density at radius 3 is 1.44 bits per heavy atom. The van der Waals surface area contributed by atoms with Crippen LogP contribution in [0.15, 0.2) is 121 Å². The maximum absolute atomic E-state index is 7.00. The smallest absolute Gasteiger partial charge is 0.0319 e. The van der Waals surface area contributed by atoms with Crippen LogP contribution in [0.5, 0.6) is 0 Å². The molecular formula is C32H33NO. The summed E-state index contributed by atoms with van der Waals surface area (Å²) in [6, 6.07) is 43.3. The molecular weight excluding hydrogens is 414 g/mol. The van der Waals surface area contributed by atoms with E-state index in [-0.39, 0.29) is 0 Å². The van der Waals surface area contributed by atoms with Crippen molar-refractivity contribution in [1.29, 1.82) is 0 Å². The first-order valence-electron chi connectivity index (χ1n) is 11.4. The van der Waals surface area contributed by atoms with Gasteiger partial charge in [0.25, 0.3) is 0 Å². The fourth-order valence-electron chi connectivity index (χ4n) is 3.82. The second kappa shape index (κ2) is 12.5. The summed E-state index contributed by atoms with van der Waals surface area (Å²) in [5, 5.41) is 9.56. The van der Waals surface area contributed by atoms with Gasteiger partial charge in [0, 0.05) is 7.11 Å². The van der Waals surface area contributed by atoms with Gasteiger partial charge in [-0.3, -0.25) is 0 Å². The van der Waals surface area contributed by atoms with Crippen molar-refractivity contribution in [2.24, 2.45) is 0 Å². The highest BCUT2D eigenvalue weighted by Crippen LogP contribution is 2.33. The lowest BCUT2D eigenvalue weighted by Crippen LogP contribution is -1.99. The number of nitrogens with zero attached hydrogens (tertiary/aromatic N) is 1. The number of benzene rings is 5. The summed E-state index contributed by atoms with van der Waals surface area (Å²) >= 11 is 0. The Bertz CT molecular complexity index is 1270. The molecule has 0 heterocycles. The first kappa shape index (κ1) is 24.9. The maximum atomic E-state index is 7.00. The first-order chi connectivity index (χ1) is 16.6. The average molecular weight is 448 g/mol. The fourth-order valence-corrected chi connectivity index (χ4v) is 3.82. The summed E-state index contributed by atoms with van der Waals surface area (Å²) in [5.41, 5.74) is 7.52. The highest BCUT2D eigenvalue weighted by molar-refractivity contribution is 5.98. The molecule has 5 aromatic carbocycles. The van der Waals surface area contributed by atoms with Crippen molar-refractivity contribution < 1.29 is 5.11 Å². The topological polar surface area (TPSA) is 23.5 Å². The zero-order valence-corrected chi connectivity index (χ0v) is 20.4. The third-order valence-electron chi connectivity index (χ3n) is 5.29. The lowest BCUT2D eigenvalue weighted by atomic mass is 9.94. The van der Waals surface area contributed by atoms with E-state index in [1.807, 2.05) is 26.0 Å². The van der Waals surface area contributed by atoms with Crippen LogP contribution in [0.2, 0.25) is 0 Å². The molecule has 172 valence electrons. The molecule has 0 unspecified atom stereocenters. The van der Waals surface area contributed by atoms with Gasteiger partial charge in [-0.15, -0.1) is 0 Å². The van der Waals surface area contributed by atoms with E-state index >= 15 is 0 Å². The molecule has 0 aliphatic heterocycles. The second-order valence-corrected chi connectivity index (χ2v) is 8.39. The van der Waals surface area contributed by atoms with Gasteiger partial charge in [0.2, 0.25) is 0 Å². The van der Waals surface area contributed by atoms with Crippen LogP contribution >= 0.6 is 0 Å². The minimum Gasteiger partial charge on any atom is -0.400 e. The van der Waals surface area contributed by atoms with Crippen LogP contribution in [-0.4, -0.2) is 38.3 Å². The Balaban J connectivity index is 0.000000492. The fraction of sp³-hybridized carbons (Fsp3) is 0.125. The van der Waals surface area contributed by atoms with E-state index in [0.29, 0.717) is 0 Å². The summed E-state index contributed by atoms with van der Waals surface area (Å²) in [5.74, 6) is 0. The quantitative estimate of drug-likeness (QED) is 0.307. The molecule has 5 rings (SSSR count). The van der Waals surface area contributed by atoms with Crippen LogP contribution in [0.25, 0.3) is 44.2 Å². The van der Waals surface area contributed by atoms with Gasteiger partial charge in [-0.25, -0.2) is 0 Å². The third kappa shape index (κ3) is 6.41. The number of fused-ring (bicyclic) bond motifs is 1. The molecule has 0 fully saturated rings. The molecule has 0 radical (unpaired) electrons. The van der Waals surface area contributed by atoms with E-state index in [2.05, 4.69) is 121 Å². The highest BCUT2D eigenvalue weighted by atomic mass is 16.2. The highest BCUT2D eigenvalue weighted by Gasteiger charge is 2.06. The normalized spacial score (nSPS) is 10.2. The molecule has 0 atom stereocenters. The van der Waals surface area contributed by atoms with Gasteiger partial charge in [-0.05, 0) is 71.4 Å². The van der Waals surface area contributed by atoms with E-state index in [1.165, 1.54) is 44.2 Å². The van der Waals surface area contributed by atoms with Crippen LogP contribution in [-0.2, 0) is 0 Å². The Kier molecular flexibility index (Phi) is 9.16. The molecule has 0 bridgehead atoms. The molecule has 0 saturated heterocycles. The predicted molar refractivity (Wildman–Crippen MR) is 148 cm³/mol. The summed E-state index contributed by atoms with van der Waals surface area (Å²) in [6.45, 7) is 0. The summed E-state index contributed by atoms with van der Waals surface area (Å²) in [6.07, 6.45) is 0. The van der Waals surface area contributed by atoms with Gasteiger partial charge in [0.05, 0.1) is 0 Å². The zero-order chi connectivity index (χ0) is 24.3. The number of aliphatic hydroxyl groups excluding tert-OH is 1. The Morgan fingerprint density at radius 1 is 0.441 bits per heavy atom. The SMILES string of the molecule is CN(C)C.CO.c1ccc(-c2ccc(-c3cccc4cc(-c5ccccc5)ccc34)cc2)cc1. The van der Waals surface area contributed by atoms with Gasteiger partial charge in [0.15, 0.2) is 0 Å². The Labute approximate surface area is 203 Å². The van der Waals surface area contributed by atoms with Gasteiger partial charge in [0.1, 0.15) is 0 Å². The molecule has 34 heavy (non-hydrogen) atoms. The summed E-state index contributed by atoms with van der Waals surface area (Å²) in [4.78, 5) is 2.00. The van der Waals surface area contributed by atoms with Crippen molar-refractivity contribution in [3.8, 4) is 33.4 Å². The van der Waals surface area contributed by atoms with Gasteiger partial charge < -0.3 is 10.0 Å². The number of rotatable bonds is 3. The van der Waals surface area contributed by atoms with Crippen LogP contribution in [0.3, 0.4) is 0 Å². The molecule has 0 aliphatic rings. The largest absolute Gasteiger partial charge is 0.400 e. The minimum absolute atomic E-state index is 1.00. The summed E-state index contributed by atoms with van der Waals surface area (Å²) in [7, 11) is 7.00. The molecule has 0 aromatic heterocycles. The first-order valence-corrected chi connectivity index (χ1v) is 11.4. The zero-order valence-electron chi connectivity index (χ0n) is 20.4. The molecule has 0 amide bonds. The number of aliphatic hydroxyl groups is 1. The molecule has 0 spiro atoms. The number of hydrogen-bond donors (Lipinski definition) is 1. The van der Waals surface area contributed by atoms with E-state index in [1.54, 1.807) is 0 Å². The van der Waals surface area contributed by atoms with E-state index in [4.69, 9.17) is 5.11 Å². The standard InChI is InChI=1S/C28H20.C3H9N.CH4O/c1-3-8-21(9-4-1)23-14-16-24(17-15-23)27-13-7-12-26-20-25(18-19-28(26)27)22-10-5-2-6-11-22;1-4(2)3;1-2/h1-20H;1-3H3;2H,1H3. The van der Waals surface area contributed by atoms with Crippen LogP contribution in [0, 0.1) is 0 Å².